The summed E-state index contributed by atoms with van der Waals surface area (Å²) in [4.78, 5) is 0. The van der Waals surface area contributed by atoms with Crippen LogP contribution in [0.5, 0.6) is 5.75 Å². The van der Waals surface area contributed by atoms with Crippen LogP contribution in [0.15, 0.2) is 18.2 Å². The maximum Gasteiger partial charge on any atom is 0.235 e. The number of benzene rings is 1. The van der Waals surface area contributed by atoms with Crippen LogP contribution in [-0.4, -0.2) is 32.0 Å². The molecule has 0 heterocycles. The van der Waals surface area contributed by atoms with Gasteiger partial charge in [-0.25, -0.2) is 8.42 Å². The predicted octanol–water partition coefficient (Wildman–Crippen LogP) is 2.12. The number of hydrogen-bond acceptors (Lipinski definition) is 4. The third kappa shape index (κ3) is 5.48. The first kappa shape index (κ1) is 15.8. The molecule has 1 rings (SSSR count). The average Bonchev–Trinajstić information content (AvgIpc) is 2.31. The smallest absolute Gasteiger partial charge is 0.235 e. The number of aryl methyl sites for hydroxylation is 1. The van der Waals surface area contributed by atoms with Crippen molar-refractivity contribution in [2.24, 2.45) is 0 Å². The summed E-state index contributed by atoms with van der Waals surface area (Å²) in [7, 11) is -3.51. The van der Waals surface area contributed by atoms with Crippen molar-refractivity contribution in [3.63, 3.8) is 0 Å². The number of phenolic OH excluding ortho intramolecular Hbond substituents is 1. The highest BCUT2D eigenvalue weighted by molar-refractivity contribution is 7.92. The minimum Gasteiger partial charge on any atom is -0.506 e. The molecule has 0 saturated carbocycles. The van der Waals surface area contributed by atoms with E-state index in [1.54, 1.807) is 12.1 Å². The fourth-order valence-corrected chi connectivity index (χ4v) is 2.41. The standard InChI is InChI=1S/C13H21NO4S/c1-4-11-5-6-13(15)12(9-11)14-19(16,17)8-7-18-10(2)3/h5-6,9-10,14-15H,4,7-8H2,1-3H3. The van der Waals surface area contributed by atoms with E-state index in [4.69, 9.17) is 4.74 Å². The van der Waals surface area contributed by atoms with E-state index in [1.165, 1.54) is 6.07 Å². The lowest BCUT2D eigenvalue weighted by molar-refractivity contribution is 0.0913. The Balaban J connectivity index is 2.72. The van der Waals surface area contributed by atoms with Crippen LogP contribution in [0.25, 0.3) is 0 Å². The molecule has 0 fully saturated rings. The zero-order valence-corrected chi connectivity index (χ0v) is 12.3. The molecular formula is C13H21NO4S. The summed E-state index contributed by atoms with van der Waals surface area (Å²) in [5.41, 5.74) is 1.16. The number of rotatable bonds is 7. The van der Waals surface area contributed by atoms with Crippen molar-refractivity contribution in [3.8, 4) is 5.75 Å². The second-order valence-corrected chi connectivity index (χ2v) is 6.39. The summed E-state index contributed by atoms with van der Waals surface area (Å²) in [5.74, 6) is -0.216. The molecule has 0 saturated heterocycles. The van der Waals surface area contributed by atoms with E-state index in [-0.39, 0.29) is 29.9 Å². The van der Waals surface area contributed by atoms with Crippen LogP contribution in [0, 0.1) is 0 Å². The zero-order chi connectivity index (χ0) is 14.5. The van der Waals surface area contributed by atoms with Crippen LogP contribution in [0.4, 0.5) is 5.69 Å². The molecule has 0 amide bonds. The lowest BCUT2D eigenvalue weighted by atomic mass is 10.1. The molecule has 19 heavy (non-hydrogen) atoms. The van der Waals surface area contributed by atoms with Gasteiger partial charge in [-0.3, -0.25) is 4.72 Å². The molecular weight excluding hydrogens is 266 g/mol. The molecule has 0 aromatic heterocycles. The highest BCUT2D eigenvalue weighted by Gasteiger charge is 2.13. The van der Waals surface area contributed by atoms with Crippen molar-refractivity contribution >= 4 is 15.7 Å². The van der Waals surface area contributed by atoms with Crippen molar-refractivity contribution in [2.45, 2.75) is 33.3 Å². The van der Waals surface area contributed by atoms with E-state index in [1.807, 2.05) is 20.8 Å². The largest absolute Gasteiger partial charge is 0.506 e. The van der Waals surface area contributed by atoms with Gasteiger partial charge in [0.25, 0.3) is 0 Å². The molecule has 1 aromatic rings. The van der Waals surface area contributed by atoms with Gasteiger partial charge in [-0.2, -0.15) is 0 Å². The second-order valence-electron chi connectivity index (χ2n) is 4.55. The summed E-state index contributed by atoms with van der Waals surface area (Å²) in [6.07, 6.45) is 0.762. The van der Waals surface area contributed by atoms with Crippen LogP contribution in [0.1, 0.15) is 26.3 Å². The van der Waals surface area contributed by atoms with Crippen LogP contribution in [0.3, 0.4) is 0 Å². The third-order valence-corrected chi connectivity index (χ3v) is 3.77. The molecule has 0 spiro atoms. The minimum absolute atomic E-state index is 0.00739. The third-order valence-electron chi connectivity index (χ3n) is 2.54. The lowest BCUT2D eigenvalue weighted by Crippen LogP contribution is -2.21. The van der Waals surface area contributed by atoms with Gasteiger partial charge >= 0.3 is 0 Å². The molecule has 0 aliphatic heterocycles. The van der Waals surface area contributed by atoms with Crippen LogP contribution < -0.4 is 4.72 Å². The Labute approximate surface area is 114 Å². The van der Waals surface area contributed by atoms with E-state index in [9.17, 15) is 13.5 Å². The first-order valence-corrected chi connectivity index (χ1v) is 7.93. The van der Waals surface area contributed by atoms with E-state index in [2.05, 4.69) is 4.72 Å². The van der Waals surface area contributed by atoms with Gasteiger partial charge in [-0.15, -0.1) is 0 Å². The van der Waals surface area contributed by atoms with Gasteiger partial charge in [0, 0.05) is 0 Å². The van der Waals surface area contributed by atoms with Crippen LogP contribution in [-0.2, 0) is 21.2 Å². The van der Waals surface area contributed by atoms with Gasteiger partial charge in [0.05, 0.1) is 24.2 Å². The Hall–Kier alpha value is -1.27. The topological polar surface area (TPSA) is 75.6 Å². The highest BCUT2D eigenvalue weighted by atomic mass is 32.2. The van der Waals surface area contributed by atoms with Crippen molar-refractivity contribution in [1.29, 1.82) is 0 Å². The Kier molecular flexibility index (Phi) is 5.62. The summed E-state index contributed by atoms with van der Waals surface area (Å²) >= 11 is 0. The van der Waals surface area contributed by atoms with Crippen molar-refractivity contribution < 1.29 is 18.3 Å². The maximum absolute atomic E-state index is 11.8. The normalized spacial score (nSPS) is 11.8. The molecule has 0 atom stereocenters. The van der Waals surface area contributed by atoms with Crippen molar-refractivity contribution in [3.05, 3.63) is 23.8 Å². The SMILES string of the molecule is CCc1ccc(O)c(NS(=O)(=O)CCOC(C)C)c1. The highest BCUT2D eigenvalue weighted by Crippen LogP contribution is 2.25. The molecule has 5 nitrogen and oxygen atoms in total. The summed E-state index contributed by atoms with van der Waals surface area (Å²) in [5, 5.41) is 9.65. The lowest BCUT2D eigenvalue weighted by Gasteiger charge is -2.12. The number of aromatic hydroxyl groups is 1. The van der Waals surface area contributed by atoms with Gasteiger partial charge in [0.2, 0.25) is 10.0 Å². The molecule has 2 N–H and O–H groups in total. The van der Waals surface area contributed by atoms with Crippen LogP contribution in [0.2, 0.25) is 0 Å². The predicted molar refractivity (Wildman–Crippen MR) is 76.0 cm³/mol. The Morgan fingerprint density at radius 2 is 2.05 bits per heavy atom. The summed E-state index contributed by atoms with van der Waals surface area (Å²) in [6.45, 7) is 5.77. The number of phenols is 1. The van der Waals surface area contributed by atoms with E-state index < -0.39 is 10.0 Å². The Morgan fingerprint density at radius 3 is 2.63 bits per heavy atom. The molecule has 0 unspecified atom stereocenters. The molecule has 0 radical (unpaired) electrons. The Bertz CT molecular complexity index is 511. The molecule has 1 aromatic carbocycles. The van der Waals surface area contributed by atoms with E-state index >= 15 is 0 Å². The van der Waals surface area contributed by atoms with Gasteiger partial charge in [-0.1, -0.05) is 13.0 Å². The maximum atomic E-state index is 11.8. The monoisotopic (exact) mass is 287 g/mol. The average molecular weight is 287 g/mol. The molecule has 0 bridgehead atoms. The first-order valence-electron chi connectivity index (χ1n) is 6.28. The van der Waals surface area contributed by atoms with Crippen molar-refractivity contribution in [2.75, 3.05) is 17.1 Å². The summed E-state index contributed by atoms with van der Waals surface area (Å²) < 4.78 is 31.2. The van der Waals surface area contributed by atoms with Crippen LogP contribution >= 0.6 is 0 Å². The fraction of sp³-hybridized carbons (Fsp3) is 0.538. The number of sulfonamides is 1. The zero-order valence-electron chi connectivity index (χ0n) is 11.5. The van der Waals surface area contributed by atoms with Gasteiger partial charge in [0.1, 0.15) is 5.75 Å². The first-order chi connectivity index (χ1) is 8.84. The Morgan fingerprint density at radius 1 is 1.37 bits per heavy atom. The van der Waals surface area contributed by atoms with E-state index in [0.717, 1.165) is 12.0 Å². The quantitative estimate of drug-likeness (QED) is 0.753. The molecule has 6 heteroatoms. The van der Waals surface area contributed by atoms with Gasteiger partial charge < -0.3 is 9.84 Å². The fourth-order valence-electron chi connectivity index (χ4n) is 1.50. The van der Waals surface area contributed by atoms with E-state index in [0.29, 0.717) is 0 Å². The van der Waals surface area contributed by atoms with Gasteiger partial charge in [0.15, 0.2) is 0 Å². The number of ether oxygens (including phenoxy) is 1. The minimum atomic E-state index is -3.51. The summed E-state index contributed by atoms with van der Waals surface area (Å²) in [6, 6.07) is 4.88. The number of anilines is 1. The number of nitrogens with one attached hydrogen (secondary N) is 1. The number of hydrogen-bond donors (Lipinski definition) is 2. The van der Waals surface area contributed by atoms with Gasteiger partial charge in [-0.05, 0) is 38.0 Å². The molecule has 0 aliphatic carbocycles. The molecule has 0 aliphatic rings. The second kappa shape index (κ2) is 6.77. The van der Waals surface area contributed by atoms with Crippen molar-refractivity contribution in [1.82, 2.24) is 0 Å². The molecule has 108 valence electrons.